The van der Waals surface area contributed by atoms with E-state index in [-0.39, 0.29) is 12.6 Å². The summed E-state index contributed by atoms with van der Waals surface area (Å²) in [5.41, 5.74) is 1.25. The second kappa shape index (κ2) is 5.47. The van der Waals surface area contributed by atoms with E-state index in [1.807, 2.05) is 12.3 Å². The van der Waals surface area contributed by atoms with E-state index in [1.54, 1.807) is 0 Å². The summed E-state index contributed by atoms with van der Waals surface area (Å²) in [6.07, 6.45) is 5.59. The molecule has 1 aliphatic heterocycles. The molecule has 3 rings (SSSR count). The summed E-state index contributed by atoms with van der Waals surface area (Å²) in [7, 11) is 0. The lowest BCUT2D eigenvalue weighted by atomic mass is 10.0. The minimum absolute atomic E-state index is 0.216. The van der Waals surface area contributed by atoms with Crippen LogP contribution in [0, 0.1) is 5.92 Å². The molecule has 1 saturated carbocycles. The quantitative estimate of drug-likeness (QED) is 0.844. The van der Waals surface area contributed by atoms with Crippen molar-refractivity contribution in [3.63, 3.8) is 0 Å². The van der Waals surface area contributed by atoms with Crippen LogP contribution in [0.3, 0.4) is 0 Å². The van der Waals surface area contributed by atoms with Crippen molar-refractivity contribution in [3.05, 3.63) is 23.9 Å². The van der Waals surface area contributed by atoms with Crippen molar-refractivity contribution in [2.45, 2.75) is 44.8 Å². The van der Waals surface area contributed by atoms with E-state index in [9.17, 15) is 5.11 Å². The molecule has 1 aromatic heterocycles. The van der Waals surface area contributed by atoms with Crippen molar-refractivity contribution in [3.8, 4) is 0 Å². The number of aliphatic hydroxyl groups is 1. The van der Waals surface area contributed by atoms with Gasteiger partial charge in [0, 0.05) is 30.9 Å². The highest BCUT2D eigenvalue weighted by Crippen LogP contribution is 2.30. The minimum Gasteiger partial charge on any atom is -0.394 e. The van der Waals surface area contributed by atoms with Gasteiger partial charge >= 0.3 is 0 Å². The number of hydrogen-bond acceptors (Lipinski definition) is 4. The summed E-state index contributed by atoms with van der Waals surface area (Å²) in [6.45, 7) is 4.32. The molecule has 2 fully saturated rings. The first-order chi connectivity index (χ1) is 9.29. The summed E-state index contributed by atoms with van der Waals surface area (Å²) in [4.78, 5) is 6.85. The first kappa shape index (κ1) is 12.9. The fourth-order valence-electron chi connectivity index (χ4n) is 2.92. The Labute approximate surface area is 114 Å². The van der Waals surface area contributed by atoms with Crippen molar-refractivity contribution in [1.82, 2.24) is 10.3 Å². The van der Waals surface area contributed by atoms with Gasteiger partial charge in [-0.2, -0.15) is 0 Å². The van der Waals surface area contributed by atoms with Crippen LogP contribution in [0.5, 0.6) is 0 Å². The summed E-state index contributed by atoms with van der Waals surface area (Å²) < 4.78 is 0. The van der Waals surface area contributed by atoms with Gasteiger partial charge in [-0.15, -0.1) is 0 Å². The van der Waals surface area contributed by atoms with Gasteiger partial charge in [-0.1, -0.05) is 13.0 Å². The number of pyridine rings is 1. The maximum atomic E-state index is 9.60. The Hall–Kier alpha value is -1.13. The zero-order valence-corrected chi connectivity index (χ0v) is 11.5. The van der Waals surface area contributed by atoms with Crippen LogP contribution < -0.4 is 10.2 Å². The van der Waals surface area contributed by atoms with Crippen molar-refractivity contribution < 1.29 is 5.11 Å². The third kappa shape index (κ3) is 2.74. The third-order valence-electron chi connectivity index (χ3n) is 4.37. The smallest absolute Gasteiger partial charge is 0.133 e. The van der Waals surface area contributed by atoms with Gasteiger partial charge in [-0.05, 0) is 31.2 Å². The second-order valence-corrected chi connectivity index (χ2v) is 5.85. The standard InChI is InChI=1S/C15H23N3O/c1-11-6-8-18(14(11)10-19)15-12(3-2-7-16-15)9-17-13-4-5-13/h2-3,7,11,13-14,17,19H,4-6,8-10H2,1H3. The maximum Gasteiger partial charge on any atom is 0.133 e. The number of anilines is 1. The van der Waals surface area contributed by atoms with Crippen molar-refractivity contribution in [1.29, 1.82) is 0 Å². The molecule has 1 saturated heterocycles. The zero-order valence-electron chi connectivity index (χ0n) is 11.5. The van der Waals surface area contributed by atoms with E-state index >= 15 is 0 Å². The minimum atomic E-state index is 0.216. The molecule has 19 heavy (non-hydrogen) atoms. The van der Waals surface area contributed by atoms with Gasteiger partial charge in [0.1, 0.15) is 5.82 Å². The van der Waals surface area contributed by atoms with Gasteiger partial charge in [-0.3, -0.25) is 0 Å². The predicted molar refractivity (Wildman–Crippen MR) is 76.1 cm³/mol. The Balaban J connectivity index is 1.78. The molecule has 4 nitrogen and oxygen atoms in total. The van der Waals surface area contributed by atoms with E-state index in [0.29, 0.717) is 12.0 Å². The maximum absolute atomic E-state index is 9.60. The lowest BCUT2D eigenvalue weighted by Crippen LogP contribution is -2.36. The van der Waals surface area contributed by atoms with Gasteiger partial charge < -0.3 is 15.3 Å². The molecule has 2 atom stereocenters. The molecule has 1 aromatic rings. The van der Waals surface area contributed by atoms with E-state index in [1.165, 1.54) is 18.4 Å². The average molecular weight is 261 g/mol. The molecule has 0 bridgehead atoms. The third-order valence-corrected chi connectivity index (χ3v) is 4.37. The van der Waals surface area contributed by atoms with Crippen LogP contribution in [0.2, 0.25) is 0 Å². The summed E-state index contributed by atoms with van der Waals surface area (Å²) in [5.74, 6) is 1.59. The Morgan fingerprint density at radius 1 is 1.42 bits per heavy atom. The topological polar surface area (TPSA) is 48.4 Å². The molecular weight excluding hydrogens is 238 g/mol. The van der Waals surface area contributed by atoms with Crippen molar-refractivity contribution in [2.75, 3.05) is 18.1 Å². The van der Waals surface area contributed by atoms with Gasteiger partial charge in [-0.25, -0.2) is 4.98 Å². The number of nitrogens with zero attached hydrogens (tertiary/aromatic N) is 2. The number of aromatic nitrogens is 1. The lowest BCUT2D eigenvalue weighted by molar-refractivity contribution is 0.244. The van der Waals surface area contributed by atoms with Crippen LogP contribution in [0.4, 0.5) is 5.82 Å². The number of aliphatic hydroxyl groups excluding tert-OH is 1. The molecule has 2 N–H and O–H groups in total. The first-order valence-electron chi connectivity index (χ1n) is 7.34. The van der Waals surface area contributed by atoms with Gasteiger partial charge in [0.05, 0.1) is 12.6 Å². The summed E-state index contributed by atoms with van der Waals surface area (Å²) in [6, 6.07) is 5.07. The summed E-state index contributed by atoms with van der Waals surface area (Å²) in [5, 5.41) is 13.2. The Morgan fingerprint density at radius 2 is 2.26 bits per heavy atom. The average Bonchev–Trinajstić information content (AvgIpc) is 3.19. The largest absolute Gasteiger partial charge is 0.394 e. The fourth-order valence-corrected chi connectivity index (χ4v) is 2.92. The van der Waals surface area contributed by atoms with E-state index in [4.69, 9.17) is 0 Å². The molecule has 4 heteroatoms. The normalized spacial score (nSPS) is 26.9. The lowest BCUT2D eigenvalue weighted by Gasteiger charge is -2.28. The van der Waals surface area contributed by atoms with Gasteiger partial charge in [0.25, 0.3) is 0 Å². The van der Waals surface area contributed by atoms with E-state index in [2.05, 4.69) is 28.2 Å². The monoisotopic (exact) mass is 261 g/mol. The second-order valence-electron chi connectivity index (χ2n) is 5.85. The van der Waals surface area contributed by atoms with Crippen molar-refractivity contribution >= 4 is 5.82 Å². The molecule has 0 radical (unpaired) electrons. The Morgan fingerprint density at radius 3 is 3.00 bits per heavy atom. The Kier molecular flexibility index (Phi) is 3.71. The molecule has 2 heterocycles. The molecular formula is C15H23N3O. The molecule has 0 spiro atoms. The highest BCUT2D eigenvalue weighted by Gasteiger charge is 2.32. The molecule has 104 valence electrons. The van der Waals surface area contributed by atoms with Gasteiger partial charge in [0.2, 0.25) is 0 Å². The van der Waals surface area contributed by atoms with Crippen LogP contribution in [-0.2, 0) is 6.54 Å². The highest BCUT2D eigenvalue weighted by atomic mass is 16.3. The van der Waals surface area contributed by atoms with Crippen LogP contribution >= 0.6 is 0 Å². The van der Waals surface area contributed by atoms with E-state index < -0.39 is 0 Å². The van der Waals surface area contributed by atoms with Crippen LogP contribution in [0.1, 0.15) is 31.7 Å². The summed E-state index contributed by atoms with van der Waals surface area (Å²) >= 11 is 0. The predicted octanol–water partition coefficient (Wildman–Crippen LogP) is 1.54. The van der Waals surface area contributed by atoms with Crippen molar-refractivity contribution in [2.24, 2.45) is 5.92 Å². The molecule has 0 aromatic carbocycles. The van der Waals surface area contributed by atoms with Crippen LogP contribution in [0.25, 0.3) is 0 Å². The number of nitrogens with one attached hydrogen (secondary N) is 1. The molecule has 2 unspecified atom stereocenters. The molecule has 0 amide bonds. The van der Waals surface area contributed by atoms with E-state index in [0.717, 1.165) is 25.3 Å². The SMILES string of the molecule is CC1CCN(c2ncccc2CNC2CC2)C1CO. The number of rotatable bonds is 5. The van der Waals surface area contributed by atoms with Gasteiger partial charge in [0.15, 0.2) is 0 Å². The van der Waals surface area contributed by atoms with Crippen LogP contribution in [0.15, 0.2) is 18.3 Å². The zero-order chi connectivity index (χ0) is 13.2. The molecule has 2 aliphatic rings. The fraction of sp³-hybridized carbons (Fsp3) is 0.667. The Bertz CT molecular complexity index is 433. The highest BCUT2D eigenvalue weighted by molar-refractivity contribution is 5.49. The molecule has 1 aliphatic carbocycles. The number of hydrogen-bond donors (Lipinski definition) is 2. The van der Waals surface area contributed by atoms with Crippen LogP contribution in [-0.4, -0.2) is 35.3 Å². The first-order valence-corrected chi connectivity index (χ1v) is 7.34.